The van der Waals surface area contributed by atoms with Crippen molar-refractivity contribution < 1.29 is 9.59 Å². The first-order valence-corrected chi connectivity index (χ1v) is 8.97. The zero-order valence-corrected chi connectivity index (χ0v) is 15.9. The number of aromatic nitrogens is 1. The molecule has 146 valence electrons. The number of carbonyl (C=O) groups excluding carboxylic acids is 2. The molecule has 2 rings (SSSR count). The molecule has 0 aliphatic heterocycles. The van der Waals surface area contributed by atoms with Crippen LogP contribution in [0, 0.1) is 0 Å². The van der Waals surface area contributed by atoms with Gasteiger partial charge in [0.2, 0.25) is 11.8 Å². The van der Waals surface area contributed by atoms with Gasteiger partial charge in [-0.3, -0.25) is 9.59 Å². The van der Waals surface area contributed by atoms with Gasteiger partial charge in [-0.15, -0.1) is 0 Å². The van der Waals surface area contributed by atoms with Crippen molar-refractivity contribution in [2.24, 2.45) is 5.73 Å². The van der Waals surface area contributed by atoms with Gasteiger partial charge in [0.25, 0.3) is 0 Å². The fourth-order valence-corrected chi connectivity index (χ4v) is 2.15. The highest BCUT2D eigenvalue weighted by Crippen LogP contribution is 2.01. The third-order valence-corrected chi connectivity index (χ3v) is 3.77. The van der Waals surface area contributed by atoms with Crippen molar-refractivity contribution in [3.63, 3.8) is 0 Å². The van der Waals surface area contributed by atoms with E-state index in [-0.39, 0.29) is 18.4 Å². The monoisotopic (exact) mass is 371 g/mol. The Hall–Kier alpha value is -2.93. The van der Waals surface area contributed by atoms with Gasteiger partial charge in [0.05, 0.1) is 6.54 Å². The summed E-state index contributed by atoms with van der Waals surface area (Å²) in [6.45, 7) is 4.10. The summed E-state index contributed by atoms with van der Waals surface area (Å²) in [6, 6.07) is 13.4. The van der Waals surface area contributed by atoms with E-state index in [1.54, 1.807) is 19.2 Å². The Morgan fingerprint density at radius 3 is 2.33 bits per heavy atom. The minimum atomic E-state index is -0.597. The van der Waals surface area contributed by atoms with Gasteiger partial charge in [0.15, 0.2) is 0 Å². The predicted molar refractivity (Wildman–Crippen MR) is 108 cm³/mol. The van der Waals surface area contributed by atoms with Crippen molar-refractivity contribution >= 4 is 17.6 Å². The number of aryl methyl sites for hydroxylation is 1. The lowest BCUT2D eigenvalue weighted by atomic mass is 10.2. The number of benzene rings is 1. The lowest BCUT2D eigenvalue weighted by Crippen LogP contribution is -2.47. The molecule has 0 bridgehead atoms. The smallest absolute Gasteiger partial charge is 0.242 e. The molecule has 0 saturated heterocycles. The third kappa shape index (κ3) is 9.37. The third-order valence-electron chi connectivity index (χ3n) is 3.77. The molecule has 2 amide bonds. The van der Waals surface area contributed by atoms with Crippen LogP contribution in [0.1, 0.15) is 25.0 Å². The van der Waals surface area contributed by atoms with Crippen LogP contribution in [-0.4, -0.2) is 35.9 Å². The molecular formula is C20H29N5O2. The molecule has 0 radical (unpaired) electrons. The number of hydrogen-bond donors (Lipinski definition) is 4. The summed E-state index contributed by atoms with van der Waals surface area (Å²) in [4.78, 5) is 26.6. The van der Waals surface area contributed by atoms with Crippen molar-refractivity contribution in [3.8, 4) is 0 Å². The summed E-state index contributed by atoms with van der Waals surface area (Å²) in [6.07, 6.45) is 3.46. The number of hydrogen-bond acceptors (Lipinski definition) is 5. The number of rotatable bonds is 7. The zero-order chi connectivity index (χ0) is 20.1. The molecule has 1 aromatic carbocycles. The van der Waals surface area contributed by atoms with Crippen molar-refractivity contribution in [1.29, 1.82) is 0 Å². The molecule has 2 aromatic rings. The summed E-state index contributed by atoms with van der Waals surface area (Å²) >= 11 is 0. The summed E-state index contributed by atoms with van der Waals surface area (Å²) in [5.41, 5.74) is 13.0. The summed E-state index contributed by atoms with van der Waals surface area (Å²) in [5.74, 6) is -0.138. The SMILES string of the molecule is CC(NC(=O)CN)C(=O)NCCc1ccc(N)nc1.CCc1ccccc1. The molecule has 6 N–H and O–H groups in total. The fourth-order valence-electron chi connectivity index (χ4n) is 2.15. The number of nitrogen functional groups attached to an aromatic ring is 1. The molecule has 0 aliphatic rings. The normalized spacial score (nSPS) is 10.9. The van der Waals surface area contributed by atoms with Crippen LogP contribution >= 0.6 is 0 Å². The van der Waals surface area contributed by atoms with E-state index < -0.39 is 6.04 Å². The highest BCUT2D eigenvalue weighted by Gasteiger charge is 2.13. The molecule has 0 saturated carbocycles. The second-order valence-corrected chi connectivity index (χ2v) is 5.96. The minimum absolute atomic E-state index is 0.130. The maximum absolute atomic E-state index is 11.6. The quantitative estimate of drug-likeness (QED) is 0.579. The van der Waals surface area contributed by atoms with Crippen molar-refractivity contribution in [2.45, 2.75) is 32.7 Å². The number of carbonyl (C=O) groups is 2. The molecule has 1 unspecified atom stereocenters. The topological polar surface area (TPSA) is 123 Å². The molecule has 0 aliphatic carbocycles. The fraction of sp³-hybridized carbons (Fsp3) is 0.350. The maximum Gasteiger partial charge on any atom is 0.242 e. The Labute approximate surface area is 160 Å². The summed E-state index contributed by atoms with van der Waals surface area (Å²) < 4.78 is 0. The highest BCUT2D eigenvalue weighted by atomic mass is 16.2. The molecule has 1 aromatic heterocycles. The van der Waals surface area contributed by atoms with Gasteiger partial charge < -0.3 is 22.1 Å². The van der Waals surface area contributed by atoms with Crippen molar-refractivity contribution in [3.05, 3.63) is 59.8 Å². The number of anilines is 1. The van der Waals surface area contributed by atoms with Crippen LogP contribution in [0.3, 0.4) is 0 Å². The van der Waals surface area contributed by atoms with E-state index >= 15 is 0 Å². The van der Waals surface area contributed by atoms with Crippen LogP contribution < -0.4 is 22.1 Å². The second kappa shape index (κ2) is 12.4. The molecule has 1 atom stereocenters. The largest absolute Gasteiger partial charge is 0.384 e. The van der Waals surface area contributed by atoms with E-state index in [1.165, 1.54) is 5.56 Å². The van der Waals surface area contributed by atoms with E-state index in [4.69, 9.17) is 11.5 Å². The first-order valence-electron chi connectivity index (χ1n) is 8.97. The maximum atomic E-state index is 11.6. The Kier molecular flexibility index (Phi) is 10.2. The Morgan fingerprint density at radius 1 is 1.11 bits per heavy atom. The number of nitrogens with zero attached hydrogens (tertiary/aromatic N) is 1. The van der Waals surface area contributed by atoms with Gasteiger partial charge in [-0.2, -0.15) is 0 Å². The van der Waals surface area contributed by atoms with Gasteiger partial charge >= 0.3 is 0 Å². The number of nitrogens with one attached hydrogen (secondary N) is 2. The van der Waals surface area contributed by atoms with Gasteiger partial charge in [0, 0.05) is 12.7 Å². The highest BCUT2D eigenvalue weighted by molar-refractivity contribution is 5.87. The molecule has 7 nitrogen and oxygen atoms in total. The minimum Gasteiger partial charge on any atom is -0.384 e. The standard InChI is InChI=1S/C12H19N5O2.C8H10/c1-8(17-11(18)6-13)12(19)15-5-4-9-2-3-10(14)16-7-9;1-2-8-6-4-3-5-7-8/h2-3,7-8H,4-6,13H2,1H3,(H2,14,16)(H,15,19)(H,17,18);3-7H,2H2,1H3. The van der Waals surface area contributed by atoms with E-state index in [0.717, 1.165) is 12.0 Å². The van der Waals surface area contributed by atoms with Crippen molar-refractivity contribution in [2.75, 3.05) is 18.8 Å². The Bertz CT molecular complexity index is 689. The average Bonchev–Trinajstić information content (AvgIpc) is 2.70. The predicted octanol–water partition coefficient (Wildman–Crippen LogP) is 1.03. The Morgan fingerprint density at radius 2 is 1.81 bits per heavy atom. The lowest BCUT2D eigenvalue weighted by Gasteiger charge is -2.13. The van der Waals surface area contributed by atoms with Crippen LogP contribution in [0.15, 0.2) is 48.7 Å². The van der Waals surface area contributed by atoms with E-state index in [1.807, 2.05) is 12.1 Å². The van der Waals surface area contributed by atoms with Crippen LogP contribution in [0.5, 0.6) is 0 Å². The van der Waals surface area contributed by atoms with E-state index in [0.29, 0.717) is 18.8 Å². The van der Waals surface area contributed by atoms with E-state index in [2.05, 4.69) is 46.8 Å². The van der Waals surface area contributed by atoms with Gasteiger partial charge in [-0.05, 0) is 37.0 Å². The molecule has 1 heterocycles. The number of amides is 2. The average molecular weight is 371 g/mol. The first-order chi connectivity index (χ1) is 13.0. The molecule has 27 heavy (non-hydrogen) atoms. The Balaban J connectivity index is 0.000000377. The first kappa shape index (κ1) is 22.1. The van der Waals surface area contributed by atoms with Crippen LogP contribution in [0.25, 0.3) is 0 Å². The van der Waals surface area contributed by atoms with Gasteiger partial charge in [0.1, 0.15) is 11.9 Å². The number of pyridine rings is 1. The van der Waals surface area contributed by atoms with Crippen LogP contribution in [0.2, 0.25) is 0 Å². The second-order valence-electron chi connectivity index (χ2n) is 5.96. The van der Waals surface area contributed by atoms with Crippen LogP contribution in [0.4, 0.5) is 5.82 Å². The number of nitrogens with two attached hydrogens (primary N) is 2. The summed E-state index contributed by atoms with van der Waals surface area (Å²) in [5, 5.41) is 5.20. The molecular weight excluding hydrogens is 342 g/mol. The lowest BCUT2D eigenvalue weighted by molar-refractivity contribution is -0.127. The zero-order valence-electron chi connectivity index (χ0n) is 15.9. The van der Waals surface area contributed by atoms with Gasteiger partial charge in [-0.25, -0.2) is 4.98 Å². The van der Waals surface area contributed by atoms with E-state index in [9.17, 15) is 9.59 Å². The van der Waals surface area contributed by atoms with Crippen LogP contribution in [-0.2, 0) is 22.4 Å². The van der Waals surface area contributed by atoms with Crippen molar-refractivity contribution in [1.82, 2.24) is 15.6 Å². The molecule has 0 spiro atoms. The molecule has 0 fully saturated rings. The van der Waals surface area contributed by atoms with Gasteiger partial charge in [-0.1, -0.05) is 43.3 Å². The molecule has 7 heteroatoms. The summed E-state index contributed by atoms with van der Waals surface area (Å²) in [7, 11) is 0.